The molecule has 1 saturated heterocycles. The van der Waals surface area contributed by atoms with Crippen molar-refractivity contribution in [1.82, 2.24) is 24.6 Å². The summed E-state index contributed by atoms with van der Waals surface area (Å²) in [7, 11) is 2.12. The van der Waals surface area contributed by atoms with Crippen molar-refractivity contribution in [2.45, 2.75) is 38.1 Å². The summed E-state index contributed by atoms with van der Waals surface area (Å²) < 4.78 is 1.96. The van der Waals surface area contributed by atoms with Gasteiger partial charge in [-0.25, -0.2) is 9.67 Å². The van der Waals surface area contributed by atoms with Gasteiger partial charge in [0.05, 0.1) is 12.2 Å². The number of nitrogens with zero attached hydrogens (tertiary/aromatic N) is 4. The van der Waals surface area contributed by atoms with E-state index in [9.17, 15) is 4.79 Å². The molecule has 4 rings (SSSR count). The topological polar surface area (TPSA) is 66.8 Å². The summed E-state index contributed by atoms with van der Waals surface area (Å²) in [4.78, 5) is 22.2. The monoisotopic (exact) mass is 287 g/mol. The lowest BCUT2D eigenvalue weighted by Crippen LogP contribution is -2.21. The summed E-state index contributed by atoms with van der Waals surface area (Å²) in [6.45, 7) is 2.05. The van der Waals surface area contributed by atoms with Crippen molar-refractivity contribution in [3.63, 3.8) is 0 Å². The molecule has 1 aliphatic carbocycles. The molecule has 1 atom stereocenters. The Hall–Kier alpha value is -1.69. The van der Waals surface area contributed by atoms with Gasteiger partial charge in [0.2, 0.25) is 0 Å². The lowest BCUT2D eigenvalue weighted by molar-refractivity contribution is 0.309. The van der Waals surface area contributed by atoms with Crippen LogP contribution in [0.5, 0.6) is 0 Å². The van der Waals surface area contributed by atoms with Crippen molar-refractivity contribution < 1.29 is 0 Å². The quantitative estimate of drug-likeness (QED) is 0.925. The first kappa shape index (κ1) is 13.0. The Labute approximate surface area is 123 Å². The van der Waals surface area contributed by atoms with Gasteiger partial charge in [-0.3, -0.25) is 4.79 Å². The Morgan fingerprint density at radius 1 is 1.38 bits per heavy atom. The molecular weight excluding hydrogens is 266 g/mol. The molecule has 2 aromatic rings. The minimum absolute atomic E-state index is 0.0491. The zero-order chi connectivity index (χ0) is 14.4. The first-order valence-corrected chi connectivity index (χ1v) is 7.85. The van der Waals surface area contributed by atoms with Gasteiger partial charge < -0.3 is 9.88 Å². The van der Waals surface area contributed by atoms with Crippen LogP contribution in [0.1, 0.15) is 37.5 Å². The highest BCUT2D eigenvalue weighted by Gasteiger charge is 2.25. The summed E-state index contributed by atoms with van der Waals surface area (Å²) in [6, 6.07) is 0.332. The minimum atomic E-state index is -0.0491. The molecule has 6 nitrogen and oxygen atoms in total. The highest BCUT2D eigenvalue weighted by molar-refractivity contribution is 5.73. The fraction of sp³-hybridized carbons (Fsp3) is 0.667. The Kier molecular flexibility index (Phi) is 3.06. The Morgan fingerprint density at radius 2 is 2.24 bits per heavy atom. The van der Waals surface area contributed by atoms with Gasteiger partial charge in [0.25, 0.3) is 5.56 Å². The van der Waals surface area contributed by atoms with Crippen LogP contribution in [0.3, 0.4) is 0 Å². The Morgan fingerprint density at radius 3 is 2.90 bits per heavy atom. The summed E-state index contributed by atoms with van der Waals surface area (Å²) in [6.07, 6.45) is 7.44. The molecule has 1 unspecified atom stereocenters. The van der Waals surface area contributed by atoms with E-state index < -0.39 is 0 Å². The molecule has 0 radical (unpaired) electrons. The van der Waals surface area contributed by atoms with Crippen LogP contribution in [0.2, 0.25) is 0 Å². The van der Waals surface area contributed by atoms with E-state index in [0.29, 0.717) is 17.3 Å². The van der Waals surface area contributed by atoms with E-state index in [2.05, 4.69) is 22.0 Å². The molecule has 0 amide bonds. The van der Waals surface area contributed by atoms with E-state index in [1.807, 2.05) is 4.68 Å². The first-order valence-electron chi connectivity index (χ1n) is 7.85. The average molecular weight is 287 g/mol. The van der Waals surface area contributed by atoms with E-state index in [0.717, 1.165) is 37.4 Å². The number of fused-ring (bicyclic) bond motifs is 1. The van der Waals surface area contributed by atoms with Gasteiger partial charge >= 0.3 is 0 Å². The van der Waals surface area contributed by atoms with Crippen molar-refractivity contribution in [3.05, 3.63) is 22.4 Å². The second kappa shape index (κ2) is 4.94. The third-order valence-electron chi connectivity index (χ3n) is 4.93. The molecule has 2 fully saturated rings. The van der Waals surface area contributed by atoms with E-state index in [1.165, 1.54) is 19.3 Å². The fourth-order valence-electron chi connectivity index (χ4n) is 3.43. The number of likely N-dealkylation sites (N-methyl/N-ethyl adjacent to an activating group) is 1. The maximum absolute atomic E-state index is 12.2. The summed E-state index contributed by atoms with van der Waals surface area (Å²) in [5, 5.41) is 5.05. The zero-order valence-electron chi connectivity index (χ0n) is 12.4. The van der Waals surface area contributed by atoms with Crippen molar-refractivity contribution in [2.75, 3.05) is 20.1 Å². The lowest BCUT2D eigenvalue weighted by atomic mass is 9.83. The molecule has 6 heteroatoms. The molecule has 112 valence electrons. The van der Waals surface area contributed by atoms with Crippen molar-refractivity contribution >= 4 is 11.0 Å². The number of aromatic amines is 1. The summed E-state index contributed by atoms with van der Waals surface area (Å²) >= 11 is 0. The second-order valence-corrected chi connectivity index (χ2v) is 6.54. The third-order valence-corrected chi connectivity index (χ3v) is 4.93. The predicted molar refractivity (Wildman–Crippen MR) is 80.3 cm³/mol. The van der Waals surface area contributed by atoms with Crippen LogP contribution in [-0.4, -0.2) is 44.8 Å². The highest BCUT2D eigenvalue weighted by Crippen LogP contribution is 2.29. The number of hydrogen-bond acceptors (Lipinski definition) is 4. The molecular formula is C15H21N5O. The second-order valence-electron chi connectivity index (χ2n) is 6.54. The molecule has 2 aromatic heterocycles. The van der Waals surface area contributed by atoms with Crippen molar-refractivity contribution in [2.24, 2.45) is 5.92 Å². The molecule has 3 heterocycles. The van der Waals surface area contributed by atoms with E-state index in [-0.39, 0.29) is 5.56 Å². The number of hydrogen-bond donors (Lipinski definition) is 1. The van der Waals surface area contributed by atoms with Gasteiger partial charge in [0.15, 0.2) is 5.65 Å². The SMILES string of the molecule is CN1CCC(n2ncc3c(=O)[nH]c(CC4CCC4)nc32)C1. The molecule has 0 aromatic carbocycles. The number of aromatic nitrogens is 4. The van der Waals surface area contributed by atoms with Gasteiger partial charge in [0, 0.05) is 19.5 Å². The van der Waals surface area contributed by atoms with Gasteiger partial charge in [-0.15, -0.1) is 0 Å². The van der Waals surface area contributed by atoms with Crippen LogP contribution in [0.4, 0.5) is 0 Å². The molecule has 1 saturated carbocycles. The van der Waals surface area contributed by atoms with Crippen molar-refractivity contribution in [3.8, 4) is 0 Å². The minimum Gasteiger partial charge on any atom is -0.310 e. The van der Waals surface area contributed by atoms with E-state index in [4.69, 9.17) is 4.98 Å². The van der Waals surface area contributed by atoms with Crippen LogP contribution < -0.4 is 5.56 Å². The summed E-state index contributed by atoms with van der Waals surface area (Å²) in [5.41, 5.74) is 0.709. The standard InChI is InChI=1S/C15H21N5O/c1-19-6-5-11(9-19)20-14-12(8-16-20)15(21)18-13(17-14)7-10-3-2-4-10/h8,10-11H,2-7,9H2,1H3,(H,17,18,21). The summed E-state index contributed by atoms with van der Waals surface area (Å²) in [5.74, 6) is 1.52. The molecule has 2 aliphatic rings. The number of nitrogens with one attached hydrogen (secondary N) is 1. The van der Waals surface area contributed by atoms with Crippen LogP contribution in [0.25, 0.3) is 11.0 Å². The molecule has 1 aliphatic heterocycles. The normalized spacial score (nSPS) is 23.8. The van der Waals surface area contributed by atoms with Crippen LogP contribution in [0, 0.1) is 5.92 Å². The average Bonchev–Trinajstić information content (AvgIpc) is 3.00. The van der Waals surface area contributed by atoms with Crippen LogP contribution in [0.15, 0.2) is 11.0 Å². The van der Waals surface area contributed by atoms with E-state index >= 15 is 0 Å². The smallest absolute Gasteiger partial charge is 0.262 e. The molecule has 0 bridgehead atoms. The number of likely N-dealkylation sites (tertiary alicyclic amines) is 1. The fourth-order valence-corrected chi connectivity index (χ4v) is 3.43. The third kappa shape index (κ3) is 2.27. The highest BCUT2D eigenvalue weighted by atomic mass is 16.1. The largest absolute Gasteiger partial charge is 0.310 e. The van der Waals surface area contributed by atoms with Gasteiger partial charge in [-0.1, -0.05) is 19.3 Å². The molecule has 21 heavy (non-hydrogen) atoms. The van der Waals surface area contributed by atoms with Gasteiger partial charge in [-0.2, -0.15) is 5.10 Å². The molecule has 1 N–H and O–H groups in total. The number of rotatable bonds is 3. The van der Waals surface area contributed by atoms with Gasteiger partial charge in [-0.05, 0) is 19.4 Å². The zero-order valence-corrected chi connectivity index (χ0v) is 12.4. The number of H-pyrrole nitrogens is 1. The maximum atomic E-state index is 12.2. The predicted octanol–water partition coefficient (Wildman–Crippen LogP) is 1.34. The maximum Gasteiger partial charge on any atom is 0.262 e. The Balaban J connectivity index is 1.72. The molecule has 0 spiro atoms. The van der Waals surface area contributed by atoms with Gasteiger partial charge in [0.1, 0.15) is 11.2 Å². The van der Waals surface area contributed by atoms with E-state index in [1.54, 1.807) is 6.20 Å². The first-order chi connectivity index (χ1) is 10.2. The van der Waals surface area contributed by atoms with Crippen LogP contribution in [-0.2, 0) is 6.42 Å². The Bertz CT molecular complexity index is 714. The van der Waals surface area contributed by atoms with Crippen LogP contribution >= 0.6 is 0 Å². The van der Waals surface area contributed by atoms with Crippen molar-refractivity contribution in [1.29, 1.82) is 0 Å². The lowest BCUT2D eigenvalue weighted by Gasteiger charge is -2.24.